The topological polar surface area (TPSA) is 67.4 Å². The number of esters is 1. The molecular formula is C10H18N2O3. The summed E-state index contributed by atoms with van der Waals surface area (Å²) in [7, 11) is 1.30. The fourth-order valence-corrected chi connectivity index (χ4v) is 1.74. The Balaban J connectivity index is 2.70. The van der Waals surface area contributed by atoms with Gasteiger partial charge in [0.25, 0.3) is 0 Å². The Morgan fingerprint density at radius 1 is 1.60 bits per heavy atom. The molecule has 0 spiro atoms. The Hall–Kier alpha value is -1.10. The fourth-order valence-electron chi connectivity index (χ4n) is 1.74. The van der Waals surface area contributed by atoms with Gasteiger partial charge in [-0.2, -0.15) is 0 Å². The van der Waals surface area contributed by atoms with Crippen molar-refractivity contribution in [2.45, 2.75) is 38.9 Å². The summed E-state index contributed by atoms with van der Waals surface area (Å²) in [5.41, 5.74) is -1.08. The van der Waals surface area contributed by atoms with Crippen molar-refractivity contribution in [1.82, 2.24) is 10.6 Å². The van der Waals surface area contributed by atoms with Crippen LogP contribution in [0, 0.1) is 5.92 Å². The van der Waals surface area contributed by atoms with Crippen LogP contribution in [-0.4, -0.2) is 30.7 Å². The van der Waals surface area contributed by atoms with Crippen molar-refractivity contribution in [3.63, 3.8) is 0 Å². The van der Waals surface area contributed by atoms with Gasteiger partial charge in [-0.15, -0.1) is 0 Å². The molecule has 0 radical (unpaired) electrons. The molecule has 2 N–H and O–H groups in total. The highest BCUT2D eigenvalue weighted by atomic mass is 16.5. The summed E-state index contributed by atoms with van der Waals surface area (Å²) in [6.45, 7) is 5.67. The zero-order valence-electron chi connectivity index (χ0n) is 9.59. The maximum atomic E-state index is 11.6. The monoisotopic (exact) mass is 214 g/mol. The second-order valence-electron chi connectivity index (χ2n) is 4.43. The third kappa shape index (κ3) is 2.47. The van der Waals surface area contributed by atoms with E-state index < -0.39 is 11.6 Å². The first-order valence-corrected chi connectivity index (χ1v) is 5.07. The number of hydrogen-bond donors (Lipinski definition) is 2. The van der Waals surface area contributed by atoms with Crippen LogP contribution in [0.25, 0.3) is 0 Å². The molecule has 0 aromatic carbocycles. The standard InChI is InChI=1S/C10H18N2O3/c1-6(2)5-7-8(13)12-10(3,11-7)9(14)15-4/h6-7,11H,5H2,1-4H3,(H,12,13). The molecule has 2 unspecified atom stereocenters. The van der Waals surface area contributed by atoms with Gasteiger partial charge in [-0.3, -0.25) is 10.1 Å². The summed E-state index contributed by atoms with van der Waals surface area (Å²) in [6, 6.07) is -0.311. The van der Waals surface area contributed by atoms with E-state index in [1.165, 1.54) is 7.11 Å². The molecule has 0 aliphatic carbocycles. The molecule has 1 heterocycles. The molecule has 5 heteroatoms. The molecule has 1 fully saturated rings. The third-order valence-corrected chi connectivity index (χ3v) is 2.45. The van der Waals surface area contributed by atoms with E-state index in [0.717, 1.165) is 0 Å². The average Bonchev–Trinajstić information content (AvgIpc) is 2.41. The zero-order valence-corrected chi connectivity index (χ0v) is 9.59. The molecular weight excluding hydrogens is 196 g/mol. The normalized spacial score (nSPS) is 30.5. The molecule has 1 amide bonds. The average molecular weight is 214 g/mol. The third-order valence-electron chi connectivity index (χ3n) is 2.45. The first-order chi connectivity index (χ1) is 6.89. The van der Waals surface area contributed by atoms with Crippen LogP contribution in [0.1, 0.15) is 27.2 Å². The van der Waals surface area contributed by atoms with Crippen LogP contribution in [0.2, 0.25) is 0 Å². The van der Waals surface area contributed by atoms with Crippen molar-refractivity contribution in [2.24, 2.45) is 5.92 Å². The Kier molecular flexibility index (Phi) is 3.34. The van der Waals surface area contributed by atoms with Gasteiger partial charge in [0, 0.05) is 0 Å². The molecule has 15 heavy (non-hydrogen) atoms. The van der Waals surface area contributed by atoms with E-state index in [9.17, 15) is 9.59 Å². The summed E-state index contributed by atoms with van der Waals surface area (Å²) < 4.78 is 4.62. The quantitative estimate of drug-likeness (QED) is 0.649. The minimum Gasteiger partial charge on any atom is -0.466 e. The SMILES string of the molecule is COC(=O)C1(C)NC(=O)C(CC(C)C)N1. The highest BCUT2D eigenvalue weighted by molar-refractivity contribution is 5.93. The largest absolute Gasteiger partial charge is 0.466 e. The van der Waals surface area contributed by atoms with Crippen LogP contribution in [-0.2, 0) is 14.3 Å². The van der Waals surface area contributed by atoms with E-state index in [0.29, 0.717) is 12.3 Å². The lowest BCUT2D eigenvalue weighted by atomic mass is 10.0. The van der Waals surface area contributed by atoms with Gasteiger partial charge in [0.2, 0.25) is 5.91 Å². The van der Waals surface area contributed by atoms with E-state index in [-0.39, 0.29) is 11.9 Å². The lowest BCUT2D eigenvalue weighted by Crippen LogP contribution is -2.55. The van der Waals surface area contributed by atoms with E-state index in [1.807, 2.05) is 13.8 Å². The van der Waals surface area contributed by atoms with Crippen molar-refractivity contribution in [2.75, 3.05) is 7.11 Å². The molecule has 1 saturated heterocycles. The zero-order chi connectivity index (χ0) is 11.6. The molecule has 0 saturated carbocycles. The number of amides is 1. The number of nitrogens with one attached hydrogen (secondary N) is 2. The summed E-state index contributed by atoms with van der Waals surface area (Å²) in [5, 5.41) is 5.58. The van der Waals surface area contributed by atoms with Gasteiger partial charge in [0.15, 0.2) is 5.66 Å². The number of methoxy groups -OCH3 is 1. The Morgan fingerprint density at radius 2 is 2.20 bits per heavy atom. The van der Waals surface area contributed by atoms with E-state index in [4.69, 9.17) is 0 Å². The summed E-state index contributed by atoms with van der Waals surface area (Å²) >= 11 is 0. The molecule has 1 aliphatic heterocycles. The highest BCUT2D eigenvalue weighted by Gasteiger charge is 2.46. The summed E-state index contributed by atoms with van der Waals surface area (Å²) in [4.78, 5) is 23.0. The Bertz CT molecular complexity index is 278. The van der Waals surface area contributed by atoms with Crippen molar-refractivity contribution >= 4 is 11.9 Å². The molecule has 0 aromatic rings. The Morgan fingerprint density at radius 3 is 2.67 bits per heavy atom. The van der Waals surface area contributed by atoms with Gasteiger partial charge in [-0.05, 0) is 19.3 Å². The van der Waals surface area contributed by atoms with E-state index in [1.54, 1.807) is 6.92 Å². The van der Waals surface area contributed by atoms with Crippen molar-refractivity contribution in [1.29, 1.82) is 0 Å². The van der Waals surface area contributed by atoms with Gasteiger partial charge in [-0.25, -0.2) is 4.79 Å². The fraction of sp³-hybridized carbons (Fsp3) is 0.800. The summed E-state index contributed by atoms with van der Waals surface area (Å²) in [5.74, 6) is -0.216. The predicted octanol–water partition coefficient (Wildman–Crippen LogP) is 0.00970. The summed E-state index contributed by atoms with van der Waals surface area (Å²) in [6.07, 6.45) is 0.707. The van der Waals surface area contributed by atoms with E-state index >= 15 is 0 Å². The molecule has 1 rings (SSSR count). The van der Waals surface area contributed by atoms with Gasteiger partial charge in [0.05, 0.1) is 13.2 Å². The first-order valence-electron chi connectivity index (χ1n) is 5.07. The van der Waals surface area contributed by atoms with Crippen molar-refractivity contribution in [3.05, 3.63) is 0 Å². The minimum absolute atomic E-state index is 0.142. The maximum Gasteiger partial charge on any atom is 0.346 e. The number of carbonyl (C=O) groups excluding carboxylic acids is 2. The van der Waals surface area contributed by atoms with E-state index in [2.05, 4.69) is 15.4 Å². The van der Waals surface area contributed by atoms with Crippen LogP contribution >= 0.6 is 0 Å². The van der Waals surface area contributed by atoms with Crippen LogP contribution in [0.4, 0.5) is 0 Å². The minimum atomic E-state index is -1.08. The maximum absolute atomic E-state index is 11.6. The van der Waals surface area contributed by atoms with Gasteiger partial charge in [-0.1, -0.05) is 13.8 Å². The molecule has 0 bridgehead atoms. The predicted molar refractivity (Wildman–Crippen MR) is 54.9 cm³/mol. The van der Waals surface area contributed by atoms with Gasteiger partial charge < -0.3 is 10.1 Å². The van der Waals surface area contributed by atoms with Gasteiger partial charge in [0.1, 0.15) is 0 Å². The number of rotatable bonds is 3. The number of hydrogen-bond acceptors (Lipinski definition) is 4. The first kappa shape index (κ1) is 12.0. The molecule has 1 aliphatic rings. The van der Waals surface area contributed by atoms with Crippen LogP contribution in [0.15, 0.2) is 0 Å². The lowest BCUT2D eigenvalue weighted by Gasteiger charge is -2.21. The second-order valence-corrected chi connectivity index (χ2v) is 4.43. The number of ether oxygens (including phenoxy) is 1. The van der Waals surface area contributed by atoms with Gasteiger partial charge >= 0.3 is 5.97 Å². The highest BCUT2D eigenvalue weighted by Crippen LogP contribution is 2.16. The van der Waals surface area contributed by atoms with Crippen molar-refractivity contribution < 1.29 is 14.3 Å². The van der Waals surface area contributed by atoms with Crippen LogP contribution in [0.5, 0.6) is 0 Å². The van der Waals surface area contributed by atoms with Crippen LogP contribution < -0.4 is 10.6 Å². The smallest absolute Gasteiger partial charge is 0.346 e. The van der Waals surface area contributed by atoms with Crippen molar-refractivity contribution in [3.8, 4) is 0 Å². The van der Waals surface area contributed by atoms with Crippen LogP contribution in [0.3, 0.4) is 0 Å². The number of carbonyl (C=O) groups is 2. The second kappa shape index (κ2) is 4.18. The lowest BCUT2D eigenvalue weighted by molar-refractivity contribution is -0.149. The molecule has 0 aromatic heterocycles. The Labute approximate surface area is 89.6 Å². The molecule has 2 atom stereocenters. The molecule has 5 nitrogen and oxygen atoms in total. The molecule has 86 valence electrons.